The predicted molar refractivity (Wildman–Crippen MR) is 68.6 cm³/mol. The third-order valence-corrected chi connectivity index (χ3v) is 6.39. The highest BCUT2D eigenvalue weighted by Gasteiger charge is 2.81. The van der Waals surface area contributed by atoms with Gasteiger partial charge in [0.2, 0.25) is 0 Å². The third-order valence-electron chi connectivity index (χ3n) is 6.39. The van der Waals surface area contributed by atoms with Crippen molar-refractivity contribution in [2.75, 3.05) is 13.2 Å². The number of epoxide rings is 1. The topological polar surface area (TPSA) is 62.2 Å². The second-order valence-electron chi connectivity index (χ2n) is 7.10. The largest absolute Gasteiger partial charge is 0.396 e. The predicted octanol–water partition coefficient (Wildman–Crippen LogP) is 1.01. The lowest BCUT2D eigenvalue weighted by Gasteiger charge is -2.57. The van der Waals surface area contributed by atoms with Crippen molar-refractivity contribution >= 4 is 0 Å². The molecule has 3 fully saturated rings. The third kappa shape index (κ3) is 1.16. The molecule has 2 heterocycles. The molecule has 0 aromatic rings. The fourth-order valence-electron chi connectivity index (χ4n) is 5.02. The quantitative estimate of drug-likeness (QED) is 0.549. The zero-order valence-electron chi connectivity index (χ0n) is 11.6. The van der Waals surface area contributed by atoms with Gasteiger partial charge in [-0.05, 0) is 26.2 Å². The lowest BCUT2D eigenvalue weighted by atomic mass is 9.52. The van der Waals surface area contributed by atoms with Gasteiger partial charge in [0.05, 0.1) is 25.4 Å². The summed E-state index contributed by atoms with van der Waals surface area (Å²) in [5.41, 5.74) is 0.402. The van der Waals surface area contributed by atoms with Crippen molar-refractivity contribution < 1.29 is 19.7 Å². The second kappa shape index (κ2) is 3.42. The van der Waals surface area contributed by atoms with Crippen LogP contribution >= 0.6 is 0 Å². The molecule has 19 heavy (non-hydrogen) atoms. The van der Waals surface area contributed by atoms with Crippen molar-refractivity contribution in [2.24, 2.45) is 10.8 Å². The zero-order valence-corrected chi connectivity index (χ0v) is 11.6. The number of aliphatic hydroxyl groups excluding tert-OH is 2. The minimum atomic E-state index is -0.522. The first-order valence-corrected chi connectivity index (χ1v) is 7.25. The number of aliphatic hydroxyl groups is 2. The maximum absolute atomic E-state index is 10.4. The molecule has 1 saturated carbocycles. The van der Waals surface area contributed by atoms with E-state index in [9.17, 15) is 10.2 Å². The Morgan fingerprint density at radius 2 is 2.21 bits per heavy atom. The molecule has 4 rings (SSSR count). The molecule has 0 unspecified atom stereocenters. The Morgan fingerprint density at radius 1 is 1.47 bits per heavy atom. The van der Waals surface area contributed by atoms with Crippen LogP contribution in [0.15, 0.2) is 11.6 Å². The van der Waals surface area contributed by atoms with E-state index in [1.54, 1.807) is 0 Å². The molecule has 2 aliphatic carbocycles. The molecule has 2 N–H and O–H groups in total. The highest BCUT2D eigenvalue weighted by atomic mass is 16.6. The van der Waals surface area contributed by atoms with Crippen LogP contribution in [0.4, 0.5) is 0 Å². The van der Waals surface area contributed by atoms with Crippen LogP contribution in [0.3, 0.4) is 0 Å². The van der Waals surface area contributed by atoms with Crippen molar-refractivity contribution in [1.82, 2.24) is 0 Å². The Labute approximate surface area is 113 Å². The SMILES string of the molecule is CC1=C[C@H]2O[C@@H]3[C@H](O)C[C@](CO)([C@@]2(C)CC1)[C@]31CO1. The van der Waals surface area contributed by atoms with Gasteiger partial charge in [-0.25, -0.2) is 0 Å². The Hall–Kier alpha value is -0.420. The van der Waals surface area contributed by atoms with E-state index in [0.717, 1.165) is 12.8 Å². The first-order valence-electron chi connectivity index (χ1n) is 7.25. The van der Waals surface area contributed by atoms with Crippen LogP contribution in [0.5, 0.6) is 0 Å². The Kier molecular flexibility index (Phi) is 2.22. The van der Waals surface area contributed by atoms with E-state index in [-0.39, 0.29) is 29.6 Å². The highest BCUT2D eigenvalue weighted by Crippen LogP contribution is 2.71. The summed E-state index contributed by atoms with van der Waals surface area (Å²) in [6.07, 6.45) is 4.00. The molecule has 2 saturated heterocycles. The number of fused-ring (bicyclic) bond motifs is 2. The smallest absolute Gasteiger partial charge is 0.129 e. The summed E-state index contributed by atoms with van der Waals surface area (Å²) in [6, 6.07) is 0. The van der Waals surface area contributed by atoms with Crippen molar-refractivity contribution in [2.45, 2.75) is 57.0 Å². The Bertz CT molecular complexity index is 455. The summed E-state index contributed by atoms with van der Waals surface area (Å²) in [5.74, 6) is 0. The molecule has 4 heteroatoms. The van der Waals surface area contributed by atoms with Gasteiger partial charge in [-0.2, -0.15) is 0 Å². The molecule has 4 aliphatic rings. The molecule has 6 atom stereocenters. The van der Waals surface area contributed by atoms with Crippen molar-refractivity contribution in [1.29, 1.82) is 0 Å². The van der Waals surface area contributed by atoms with Crippen molar-refractivity contribution in [3.63, 3.8) is 0 Å². The fraction of sp³-hybridized carbons (Fsp3) is 0.867. The van der Waals surface area contributed by atoms with Gasteiger partial charge < -0.3 is 19.7 Å². The average Bonchev–Trinajstić information content (AvgIpc) is 3.13. The van der Waals surface area contributed by atoms with Gasteiger partial charge >= 0.3 is 0 Å². The molecular weight excluding hydrogens is 244 g/mol. The maximum atomic E-state index is 10.4. The lowest BCUT2D eigenvalue weighted by Crippen LogP contribution is -2.64. The van der Waals surface area contributed by atoms with Gasteiger partial charge in [0.15, 0.2) is 0 Å². The van der Waals surface area contributed by atoms with E-state index in [4.69, 9.17) is 9.47 Å². The van der Waals surface area contributed by atoms with Crippen LogP contribution < -0.4 is 0 Å². The van der Waals surface area contributed by atoms with Crippen molar-refractivity contribution in [3.05, 3.63) is 11.6 Å². The van der Waals surface area contributed by atoms with Crippen LogP contribution in [-0.2, 0) is 9.47 Å². The molecule has 0 aromatic heterocycles. The fourth-order valence-corrected chi connectivity index (χ4v) is 5.02. The first kappa shape index (κ1) is 12.3. The van der Waals surface area contributed by atoms with E-state index in [2.05, 4.69) is 19.9 Å². The normalized spacial score (nSPS) is 58.9. The molecule has 2 bridgehead atoms. The van der Waals surface area contributed by atoms with Crippen LogP contribution in [0.1, 0.15) is 33.1 Å². The number of hydrogen-bond donors (Lipinski definition) is 2. The van der Waals surface area contributed by atoms with E-state index in [0.29, 0.717) is 13.0 Å². The maximum Gasteiger partial charge on any atom is 0.129 e. The summed E-state index contributed by atoms with van der Waals surface area (Å²) < 4.78 is 12.0. The average molecular weight is 266 g/mol. The summed E-state index contributed by atoms with van der Waals surface area (Å²) >= 11 is 0. The molecule has 106 valence electrons. The lowest BCUT2D eigenvalue weighted by molar-refractivity contribution is -0.213. The number of rotatable bonds is 1. The number of allylic oxidation sites excluding steroid dienone is 1. The zero-order chi connectivity index (χ0) is 13.5. The minimum Gasteiger partial charge on any atom is -0.396 e. The number of hydrogen-bond acceptors (Lipinski definition) is 4. The minimum absolute atomic E-state index is 0.00891. The number of ether oxygens (including phenoxy) is 2. The van der Waals surface area contributed by atoms with Crippen LogP contribution in [0.25, 0.3) is 0 Å². The van der Waals surface area contributed by atoms with Gasteiger partial charge in [-0.1, -0.05) is 18.6 Å². The summed E-state index contributed by atoms with van der Waals surface area (Å²) in [6.45, 7) is 5.02. The van der Waals surface area contributed by atoms with Gasteiger partial charge in [0.1, 0.15) is 11.7 Å². The molecule has 2 aliphatic heterocycles. The van der Waals surface area contributed by atoms with Gasteiger partial charge in [0.25, 0.3) is 0 Å². The molecule has 4 nitrogen and oxygen atoms in total. The molecule has 0 amide bonds. The van der Waals surface area contributed by atoms with E-state index >= 15 is 0 Å². The first-order chi connectivity index (χ1) is 8.99. The Balaban J connectivity index is 1.88. The summed E-state index contributed by atoms with van der Waals surface area (Å²) in [4.78, 5) is 0. The van der Waals surface area contributed by atoms with Crippen LogP contribution in [-0.4, -0.2) is 47.3 Å². The van der Waals surface area contributed by atoms with Crippen LogP contribution in [0, 0.1) is 10.8 Å². The highest BCUT2D eigenvalue weighted by molar-refractivity contribution is 5.32. The van der Waals surface area contributed by atoms with E-state index in [1.807, 2.05) is 0 Å². The molecule has 0 radical (unpaired) electrons. The van der Waals surface area contributed by atoms with E-state index < -0.39 is 11.7 Å². The standard InChI is InChI=1S/C15H22O4/c1-9-3-4-13(2)11(5-9)19-12-10(17)6-14(13,7-16)15(12)8-18-15/h5,10-12,16-17H,3-4,6-8H2,1-2H3/t10-,11-,12-,13+,14+,15+/m1/s1. The monoisotopic (exact) mass is 266 g/mol. The van der Waals surface area contributed by atoms with Gasteiger partial charge in [-0.3, -0.25) is 0 Å². The second-order valence-corrected chi connectivity index (χ2v) is 7.10. The van der Waals surface area contributed by atoms with E-state index in [1.165, 1.54) is 5.57 Å². The van der Waals surface area contributed by atoms with Gasteiger partial charge in [-0.15, -0.1) is 0 Å². The summed E-state index contributed by atoms with van der Waals surface area (Å²) in [7, 11) is 0. The summed E-state index contributed by atoms with van der Waals surface area (Å²) in [5, 5.41) is 20.5. The van der Waals surface area contributed by atoms with Crippen molar-refractivity contribution in [3.8, 4) is 0 Å². The Morgan fingerprint density at radius 3 is 2.84 bits per heavy atom. The molecular formula is C15H22O4. The molecule has 0 aromatic carbocycles. The molecule has 1 spiro atoms. The van der Waals surface area contributed by atoms with Crippen LogP contribution in [0.2, 0.25) is 0 Å². The van der Waals surface area contributed by atoms with Gasteiger partial charge in [0, 0.05) is 10.8 Å².